The monoisotopic (exact) mass is 265 g/mol. The van der Waals surface area contributed by atoms with Crippen LogP contribution in [0.5, 0.6) is 0 Å². The number of carboxylic acid groups (broad SMARTS) is 1. The summed E-state index contributed by atoms with van der Waals surface area (Å²) in [5.74, 6) is -5.24. The molecular weight excluding hydrogens is 254 g/mol. The Balaban J connectivity index is 2.54. The van der Waals surface area contributed by atoms with Crippen molar-refractivity contribution in [1.82, 2.24) is 5.32 Å². The standard InChI is InChI=1S/C11H11F4NO2/c12-10(13)11(14,15)6-16-5-7-2-1-3-8(4-7)9(17)18/h1-4,10,16H,5-6H2,(H,17,18). The van der Waals surface area contributed by atoms with Crippen molar-refractivity contribution >= 4 is 5.97 Å². The minimum atomic E-state index is -4.09. The van der Waals surface area contributed by atoms with Crippen LogP contribution in [0.3, 0.4) is 0 Å². The van der Waals surface area contributed by atoms with E-state index in [-0.39, 0.29) is 12.1 Å². The molecule has 1 aromatic rings. The summed E-state index contributed by atoms with van der Waals surface area (Å²) in [6.45, 7) is -1.27. The highest BCUT2D eigenvalue weighted by atomic mass is 19.3. The Morgan fingerprint density at radius 1 is 1.39 bits per heavy atom. The summed E-state index contributed by atoms with van der Waals surface area (Å²) in [7, 11) is 0. The van der Waals surface area contributed by atoms with Gasteiger partial charge in [-0.1, -0.05) is 12.1 Å². The zero-order valence-electron chi connectivity index (χ0n) is 9.17. The lowest BCUT2D eigenvalue weighted by Gasteiger charge is -2.15. The van der Waals surface area contributed by atoms with Gasteiger partial charge in [-0.3, -0.25) is 0 Å². The lowest BCUT2D eigenvalue weighted by molar-refractivity contribution is -0.125. The van der Waals surface area contributed by atoms with Crippen molar-refractivity contribution in [3.05, 3.63) is 35.4 Å². The van der Waals surface area contributed by atoms with Crippen molar-refractivity contribution in [2.24, 2.45) is 0 Å². The second kappa shape index (κ2) is 5.81. The molecule has 7 heteroatoms. The topological polar surface area (TPSA) is 49.3 Å². The van der Waals surface area contributed by atoms with Crippen LogP contribution in [0.15, 0.2) is 24.3 Å². The number of halogens is 4. The van der Waals surface area contributed by atoms with Gasteiger partial charge in [0.15, 0.2) is 0 Å². The van der Waals surface area contributed by atoms with Gasteiger partial charge in [-0.15, -0.1) is 0 Å². The van der Waals surface area contributed by atoms with E-state index in [0.29, 0.717) is 5.56 Å². The summed E-state index contributed by atoms with van der Waals surface area (Å²) < 4.78 is 48.8. The SMILES string of the molecule is O=C(O)c1cccc(CNCC(F)(F)C(F)F)c1. The Morgan fingerprint density at radius 3 is 2.61 bits per heavy atom. The number of carbonyl (C=O) groups is 1. The summed E-state index contributed by atoms with van der Waals surface area (Å²) in [5, 5.41) is 10.9. The lowest BCUT2D eigenvalue weighted by atomic mass is 10.1. The average Bonchev–Trinajstić information content (AvgIpc) is 2.29. The lowest BCUT2D eigenvalue weighted by Crippen LogP contribution is -2.38. The van der Waals surface area contributed by atoms with E-state index >= 15 is 0 Å². The molecule has 0 saturated heterocycles. The van der Waals surface area contributed by atoms with E-state index in [4.69, 9.17) is 5.11 Å². The predicted octanol–water partition coefficient (Wildman–Crippen LogP) is 2.37. The maximum Gasteiger partial charge on any atom is 0.335 e. The van der Waals surface area contributed by atoms with Crippen LogP contribution in [0.1, 0.15) is 15.9 Å². The Labute approximate surface area is 100 Å². The van der Waals surface area contributed by atoms with Gasteiger partial charge in [0, 0.05) is 6.54 Å². The van der Waals surface area contributed by atoms with Crippen LogP contribution in [0, 0.1) is 0 Å². The molecule has 0 fully saturated rings. The first-order chi connectivity index (χ1) is 8.33. The minimum absolute atomic E-state index is 0.00918. The molecule has 3 nitrogen and oxygen atoms in total. The molecule has 18 heavy (non-hydrogen) atoms. The Hall–Kier alpha value is -1.63. The van der Waals surface area contributed by atoms with Gasteiger partial charge in [0.25, 0.3) is 0 Å². The van der Waals surface area contributed by atoms with Crippen LogP contribution in [0.4, 0.5) is 17.6 Å². The van der Waals surface area contributed by atoms with Gasteiger partial charge in [0.1, 0.15) is 0 Å². The number of hydrogen-bond acceptors (Lipinski definition) is 2. The summed E-state index contributed by atoms with van der Waals surface area (Å²) in [5.41, 5.74) is 0.440. The second-order valence-electron chi connectivity index (χ2n) is 3.67. The quantitative estimate of drug-likeness (QED) is 0.776. The van der Waals surface area contributed by atoms with Crippen molar-refractivity contribution in [1.29, 1.82) is 0 Å². The fourth-order valence-electron chi connectivity index (χ4n) is 1.26. The second-order valence-corrected chi connectivity index (χ2v) is 3.67. The zero-order chi connectivity index (χ0) is 13.8. The highest BCUT2D eigenvalue weighted by Gasteiger charge is 2.39. The number of carboxylic acids is 1. The molecule has 0 unspecified atom stereocenters. The smallest absolute Gasteiger partial charge is 0.335 e. The van der Waals surface area contributed by atoms with Crippen molar-refractivity contribution in [3.63, 3.8) is 0 Å². The average molecular weight is 265 g/mol. The maximum atomic E-state index is 12.6. The van der Waals surface area contributed by atoms with E-state index < -0.39 is 24.9 Å². The van der Waals surface area contributed by atoms with E-state index in [1.54, 1.807) is 0 Å². The maximum absolute atomic E-state index is 12.6. The molecule has 0 atom stereocenters. The van der Waals surface area contributed by atoms with Crippen LogP contribution in [0.25, 0.3) is 0 Å². The van der Waals surface area contributed by atoms with E-state index in [0.717, 1.165) is 0 Å². The zero-order valence-corrected chi connectivity index (χ0v) is 9.17. The molecule has 0 heterocycles. The normalized spacial score (nSPS) is 11.8. The number of nitrogens with one attached hydrogen (secondary N) is 1. The largest absolute Gasteiger partial charge is 0.478 e. The van der Waals surface area contributed by atoms with Crippen molar-refractivity contribution in [3.8, 4) is 0 Å². The number of alkyl halides is 4. The van der Waals surface area contributed by atoms with Gasteiger partial charge in [-0.2, -0.15) is 8.78 Å². The molecule has 0 aromatic heterocycles. The Bertz CT molecular complexity index is 423. The molecule has 2 N–H and O–H groups in total. The number of benzene rings is 1. The third-order valence-electron chi connectivity index (χ3n) is 2.18. The third kappa shape index (κ3) is 3.99. The van der Waals surface area contributed by atoms with Gasteiger partial charge in [0.05, 0.1) is 12.1 Å². The van der Waals surface area contributed by atoms with E-state index in [9.17, 15) is 22.4 Å². The van der Waals surface area contributed by atoms with Gasteiger partial charge in [-0.05, 0) is 17.7 Å². The van der Waals surface area contributed by atoms with Crippen molar-refractivity contribution in [2.75, 3.05) is 6.54 Å². The number of aromatic carboxylic acids is 1. The van der Waals surface area contributed by atoms with Gasteiger partial charge in [0.2, 0.25) is 0 Å². The summed E-state index contributed by atoms with van der Waals surface area (Å²) >= 11 is 0. The fourth-order valence-corrected chi connectivity index (χ4v) is 1.26. The number of hydrogen-bond donors (Lipinski definition) is 2. The summed E-state index contributed by atoms with van der Waals surface area (Å²) in [6, 6.07) is 5.60. The molecule has 0 aliphatic heterocycles. The molecule has 0 aliphatic rings. The molecule has 0 amide bonds. The molecular formula is C11H11F4NO2. The predicted molar refractivity (Wildman–Crippen MR) is 56.1 cm³/mol. The summed E-state index contributed by atoms with van der Waals surface area (Å²) in [6.07, 6.45) is -3.73. The molecule has 100 valence electrons. The molecule has 0 bridgehead atoms. The first kappa shape index (κ1) is 14.4. The Kier molecular flexibility index (Phi) is 4.66. The van der Waals surface area contributed by atoms with Crippen molar-refractivity contribution < 1.29 is 27.5 Å². The summed E-state index contributed by atoms with van der Waals surface area (Å²) in [4.78, 5) is 10.6. The molecule has 1 aromatic carbocycles. The minimum Gasteiger partial charge on any atom is -0.478 e. The van der Waals surface area contributed by atoms with Crippen LogP contribution >= 0.6 is 0 Å². The molecule has 0 radical (unpaired) electrons. The van der Waals surface area contributed by atoms with Gasteiger partial charge in [-0.25, -0.2) is 13.6 Å². The van der Waals surface area contributed by atoms with E-state index in [2.05, 4.69) is 5.32 Å². The van der Waals surface area contributed by atoms with E-state index in [1.165, 1.54) is 24.3 Å². The fraction of sp³-hybridized carbons (Fsp3) is 0.364. The van der Waals surface area contributed by atoms with Crippen LogP contribution < -0.4 is 5.32 Å². The van der Waals surface area contributed by atoms with E-state index in [1.807, 2.05) is 0 Å². The third-order valence-corrected chi connectivity index (χ3v) is 2.18. The van der Waals surface area contributed by atoms with Crippen LogP contribution in [-0.4, -0.2) is 30.0 Å². The molecule has 1 rings (SSSR count). The Morgan fingerprint density at radius 2 is 2.06 bits per heavy atom. The first-order valence-electron chi connectivity index (χ1n) is 5.02. The number of rotatable bonds is 6. The van der Waals surface area contributed by atoms with Crippen LogP contribution in [-0.2, 0) is 6.54 Å². The van der Waals surface area contributed by atoms with Gasteiger partial charge >= 0.3 is 18.3 Å². The highest BCUT2D eigenvalue weighted by molar-refractivity contribution is 5.87. The molecule has 0 aliphatic carbocycles. The first-order valence-corrected chi connectivity index (χ1v) is 5.02. The molecule has 0 saturated carbocycles. The van der Waals surface area contributed by atoms with Gasteiger partial charge < -0.3 is 10.4 Å². The van der Waals surface area contributed by atoms with Crippen molar-refractivity contribution in [2.45, 2.75) is 18.9 Å². The molecule has 0 spiro atoms. The van der Waals surface area contributed by atoms with Crippen LogP contribution in [0.2, 0.25) is 0 Å². The highest BCUT2D eigenvalue weighted by Crippen LogP contribution is 2.21.